The minimum absolute atomic E-state index is 0.0272. The molecule has 1 aromatic rings. The van der Waals surface area contributed by atoms with Gasteiger partial charge in [0.05, 0.1) is 6.61 Å². The Hall–Kier alpha value is -1.64. The van der Waals surface area contributed by atoms with Crippen molar-refractivity contribution in [1.82, 2.24) is 0 Å². The van der Waals surface area contributed by atoms with Gasteiger partial charge >= 0.3 is 0 Å². The third-order valence-electron chi connectivity index (χ3n) is 5.49. The first-order chi connectivity index (χ1) is 11.7. The molecule has 0 saturated heterocycles. The summed E-state index contributed by atoms with van der Waals surface area (Å²) in [7, 11) is 0. The number of hydrogen-bond acceptors (Lipinski definition) is 2. The van der Waals surface area contributed by atoms with Gasteiger partial charge in [0.15, 0.2) is 12.1 Å². The van der Waals surface area contributed by atoms with Gasteiger partial charge in [0, 0.05) is 11.1 Å². The van der Waals surface area contributed by atoms with E-state index in [1.54, 1.807) is 0 Å². The molecule has 25 heavy (non-hydrogen) atoms. The first-order valence-electron chi connectivity index (χ1n) is 9.34. The normalized spacial score (nSPS) is 19.0. The van der Waals surface area contributed by atoms with Gasteiger partial charge in [-0.2, -0.15) is 0 Å². The lowest BCUT2D eigenvalue weighted by molar-refractivity contribution is -0.106. The monoisotopic (exact) mass is 346 g/mol. The van der Waals surface area contributed by atoms with Gasteiger partial charge in [-0.1, -0.05) is 41.5 Å². The van der Waals surface area contributed by atoms with Crippen molar-refractivity contribution >= 4 is 11.9 Å². The molecular weight excluding hydrogens is 315 g/mol. The molecule has 138 valence electrons. The third kappa shape index (κ3) is 3.80. The number of benzene rings is 1. The number of fused-ring (bicyclic) bond motifs is 1. The van der Waals surface area contributed by atoms with Crippen molar-refractivity contribution in [3.05, 3.63) is 34.6 Å². The van der Waals surface area contributed by atoms with Gasteiger partial charge in [0.2, 0.25) is 0 Å². The fourth-order valence-electron chi connectivity index (χ4n) is 3.72. The third-order valence-corrected chi connectivity index (χ3v) is 5.49. The molecule has 3 heteroatoms. The van der Waals surface area contributed by atoms with E-state index in [1.165, 1.54) is 11.1 Å². The van der Waals surface area contributed by atoms with Crippen molar-refractivity contribution in [2.45, 2.75) is 78.1 Å². The highest BCUT2D eigenvalue weighted by molar-refractivity contribution is 5.87. The maximum absolute atomic E-state index is 14.2. The Morgan fingerprint density at radius 2 is 1.68 bits per heavy atom. The Bertz CT molecular complexity index is 684. The molecule has 1 aliphatic rings. The molecule has 0 radical (unpaired) electrons. The zero-order valence-corrected chi connectivity index (χ0v) is 16.5. The number of hydrogen-bond donors (Lipinski definition) is 0. The van der Waals surface area contributed by atoms with Gasteiger partial charge in [-0.25, -0.2) is 4.39 Å². The molecule has 0 bridgehead atoms. The maximum Gasteiger partial charge on any atom is 0.178 e. The van der Waals surface area contributed by atoms with Crippen molar-refractivity contribution in [2.24, 2.45) is 0 Å². The van der Waals surface area contributed by atoms with E-state index in [1.807, 2.05) is 13.8 Å². The highest BCUT2D eigenvalue weighted by Gasteiger charge is 2.38. The lowest BCUT2D eigenvalue weighted by Crippen LogP contribution is -2.34. The number of allylic oxidation sites excluding steroid dienone is 2. The number of ether oxygens (including phenoxy) is 1. The van der Waals surface area contributed by atoms with E-state index >= 15 is 0 Å². The molecule has 0 heterocycles. The van der Waals surface area contributed by atoms with E-state index in [9.17, 15) is 9.18 Å². The molecule has 0 unspecified atom stereocenters. The summed E-state index contributed by atoms with van der Waals surface area (Å²) in [6, 6.07) is 4.16. The van der Waals surface area contributed by atoms with Crippen LogP contribution in [0, 0.1) is 0 Å². The average molecular weight is 346 g/mol. The summed E-state index contributed by atoms with van der Waals surface area (Å²) in [5, 5.41) is 0. The SMILES string of the molecule is CCCOc1cc2c(cc1C(CC)=C(F)C=O)C(C)(C)CCC2(C)C. The fraction of sp³-hybridized carbons (Fsp3) is 0.591. The zero-order chi connectivity index (χ0) is 18.8. The highest BCUT2D eigenvalue weighted by atomic mass is 19.1. The van der Waals surface area contributed by atoms with Crippen LogP contribution in [0.4, 0.5) is 4.39 Å². The van der Waals surface area contributed by atoms with E-state index in [2.05, 4.69) is 39.8 Å². The molecule has 0 amide bonds. The molecule has 2 rings (SSSR count). The number of carbonyl (C=O) groups is 1. The number of carbonyl (C=O) groups excluding carboxylic acids is 1. The summed E-state index contributed by atoms with van der Waals surface area (Å²) in [6.45, 7) is 13.5. The topological polar surface area (TPSA) is 26.3 Å². The van der Waals surface area contributed by atoms with E-state index in [4.69, 9.17) is 4.74 Å². The minimum atomic E-state index is -0.698. The molecule has 1 aromatic carbocycles. The van der Waals surface area contributed by atoms with Crippen LogP contribution in [-0.2, 0) is 15.6 Å². The molecule has 0 N–H and O–H groups in total. The molecule has 0 aliphatic heterocycles. The fourth-order valence-corrected chi connectivity index (χ4v) is 3.72. The summed E-state index contributed by atoms with van der Waals surface area (Å²) in [5.41, 5.74) is 3.77. The van der Waals surface area contributed by atoms with E-state index < -0.39 is 5.83 Å². The zero-order valence-electron chi connectivity index (χ0n) is 16.5. The summed E-state index contributed by atoms with van der Waals surface area (Å²) in [4.78, 5) is 11.0. The van der Waals surface area contributed by atoms with E-state index in [-0.39, 0.29) is 10.8 Å². The Morgan fingerprint density at radius 3 is 2.16 bits per heavy atom. The van der Waals surface area contributed by atoms with Crippen LogP contribution in [0.3, 0.4) is 0 Å². The van der Waals surface area contributed by atoms with E-state index in [0.29, 0.717) is 30.6 Å². The highest BCUT2D eigenvalue weighted by Crippen LogP contribution is 2.49. The second-order valence-electron chi connectivity index (χ2n) is 8.31. The number of halogens is 1. The minimum Gasteiger partial charge on any atom is -0.493 e. The predicted molar refractivity (Wildman–Crippen MR) is 102 cm³/mol. The summed E-state index contributed by atoms with van der Waals surface area (Å²) in [6.07, 6.45) is 3.83. The summed E-state index contributed by atoms with van der Waals surface area (Å²) < 4.78 is 20.2. The van der Waals surface area contributed by atoms with Crippen LogP contribution in [0.2, 0.25) is 0 Å². The van der Waals surface area contributed by atoms with Crippen LogP contribution < -0.4 is 4.74 Å². The number of rotatable bonds is 6. The van der Waals surface area contributed by atoms with Crippen LogP contribution in [0.5, 0.6) is 5.75 Å². The second kappa shape index (κ2) is 7.31. The largest absolute Gasteiger partial charge is 0.493 e. The standard InChI is InChI=1S/C22H31FO2/c1-7-11-25-20-13-18-17(21(3,4)9-10-22(18,5)6)12-16(20)15(8-2)19(23)14-24/h12-14H,7-11H2,1-6H3. The van der Waals surface area contributed by atoms with Crippen molar-refractivity contribution in [3.63, 3.8) is 0 Å². The van der Waals surface area contributed by atoms with Gasteiger partial charge in [-0.15, -0.1) is 0 Å². The molecular formula is C22H31FO2. The second-order valence-corrected chi connectivity index (χ2v) is 8.31. The average Bonchev–Trinajstić information content (AvgIpc) is 2.57. The molecule has 2 nitrogen and oxygen atoms in total. The first-order valence-corrected chi connectivity index (χ1v) is 9.34. The Kier molecular flexibility index (Phi) is 5.75. The number of aldehydes is 1. The van der Waals surface area contributed by atoms with Crippen molar-refractivity contribution in [2.75, 3.05) is 6.61 Å². The van der Waals surface area contributed by atoms with Gasteiger partial charge in [0.1, 0.15) is 5.75 Å². The van der Waals surface area contributed by atoms with Gasteiger partial charge < -0.3 is 4.74 Å². The molecule has 0 spiro atoms. The lowest BCUT2D eigenvalue weighted by Gasteiger charge is -2.42. The molecule has 0 atom stereocenters. The van der Waals surface area contributed by atoms with Crippen LogP contribution in [0.25, 0.3) is 5.57 Å². The smallest absolute Gasteiger partial charge is 0.178 e. The Labute approximate surface area is 151 Å². The molecule has 0 saturated carbocycles. The van der Waals surface area contributed by atoms with Crippen LogP contribution in [0.15, 0.2) is 18.0 Å². The predicted octanol–water partition coefficient (Wildman–Crippen LogP) is 6.11. The van der Waals surface area contributed by atoms with Gasteiger partial charge in [0.25, 0.3) is 0 Å². The summed E-state index contributed by atoms with van der Waals surface area (Å²) in [5.74, 6) is -0.00287. The Balaban J connectivity index is 2.76. The van der Waals surface area contributed by atoms with Gasteiger partial charge in [-0.05, 0) is 59.8 Å². The van der Waals surface area contributed by atoms with Crippen LogP contribution in [0.1, 0.15) is 83.9 Å². The lowest BCUT2D eigenvalue weighted by atomic mass is 9.62. The van der Waals surface area contributed by atoms with Crippen molar-refractivity contribution in [3.8, 4) is 5.75 Å². The van der Waals surface area contributed by atoms with Gasteiger partial charge in [-0.3, -0.25) is 4.79 Å². The van der Waals surface area contributed by atoms with Crippen LogP contribution in [-0.4, -0.2) is 12.9 Å². The van der Waals surface area contributed by atoms with Crippen molar-refractivity contribution in [1.29, 1.82) is 0 Å². The van der Waals surface area contributed by atoms with E-state index in [0.717, 1.165) is 24.8 Å². The maximum atomic E-state index is 14.2. The first kappa shape index (κ1) is 19.7. The molecule has 0 fully saturated rings. The summed E-state index contributed by atoms with van der Waals surface area (Å²) >= 11 is 0. The molecule has 1 aliphatic carbocycles. The molecule has 0 aromatic heterocycles. The Morgan fingerprint density at radius 1 is 1.12 bits per heavy atom. The van der Waals surface area contributed by atoms with Crippen LogP contribution >= 0.6 is 0 Å². The van der Waals surface area contributed by atoms with Crippen molar-refractivity contribution < 1.29 is 13.9 Å². The quantitative estimate of drug-likeness (QED) is 0.458.